The van der Waals surface area contributed by atoms with Crippen LogP contribution in [0.3, 0.4) is 0 Å². The van der Waals surface area contributed by atoms with E-state index in [1.54, 1.807) is 29.2 Å². The highest BCUT2D eigenvalue weighted by atomic mass is 19.1. The number of hydrogen-bond acceptors (Lipinski definition) is 3. The number of halogens is 1. The number of fused-ring (bicyclic) bond motifs is 1. The van der Waals surface area contributed by atoms with E-state index in [1.165, 1.54) is 4.40 Å². The van der Waals surface area contributed by atoms with Crippen molar-refractivity contribution in [2.75, 3.05) is 5.32 Å². The Morgan fingerprint density at radius 3 is 2.95 bits per heavy atom. The summed E-state index contributed by atoms with van der Waals surface area (Å²) in [6.45, 7) is 4.54. The van der Waals surface area contributed by atoms with Gasteiger partial charge in [-0.2, -0.15) is 9.49 Å². The highest BCUT2D eigenvalue weighted by Gasteiger charge is 2.20. The van der Waals surface area contributed by atoms with Gasteiger partial charge in [0.1, 0.15) is 11.5 Å². The lowest BCUT2D eigenvalue weighted by molar-refractivity contribution is 0.101. The number of hydrogen-bond donors (Lipinski definition) is 1. The Balaban J connectivity index is 1.92. The van der Waals surface area contributed by atoms with E-state index >= 15 is 0 Å². The smallest absolute Gasteiger partial charge is 0.280 e. The highest BCUT2D eigenvalue weighted by Crippen LogP contribution is 2.15. The highest BCUT2D eigenvalue weighted by molar-refractivity contribution is 6.02. The van der Waals surface area contributed by atoms with Gasteiger partial charge in [-0.1, -0.05) is 13.0 Å². The quantitative estimate of drug-likeness (QED) is 0.805. The number of aryl methyl sites for hydroxylation is 2. The predicted molar refractivity (Wildman–Crippen MR) is 80.4 cm³/mol. The molecule has 0 aliphatic rings. The van der Waals surface area contributed by atoms with Crippen molar-refractivity contribution >= 4 is 17.4 Å². The van der Waals surface area contributed by atoms with Crippen LogP contribution in [0.15, 0.2) is 30.6 Å². The first-order valence-corrected chi connectivity index (χ1v) is 7.07. The molecule has 0 atom stereocenters. The zero-order valence-electron chi connectivity index (χ0n) is 12.4. The second kappa shape index (κ2) is 5.59. The van der Waals surface area contributed by atoms with E-state index in [0.717, 1.165) is 12.0 Å². The Morgan fingerprint density at radius 2 is 2.18 bits per heavy atom. The van der Waals surface area contributed by atoms with Gasteiger partial charge in [0.15, 0.2) is 5.69 Å². The summed E-state index contributed by atoms with van der Waals surface area (Å²) in [6.07, 6.45) is 4.08. The fourth-order valence-electron chi connectivity index (χ4n) is 2.27. The summed E-state index contributed by atoms with van der Waals surface area (Å²) in [5.41, 5.74) is 1.06. The normalized spacial score (nSPS) is 11.0. The minimum Gasteiger partial charge on any atom is -0.305 e. The minimum atomic E-state index is -0.669. The van der Waals surface area contributed by atoms with Crippen LogP contribution in [-0.4, -0.2) is 25.1 Å². The molecule has 7 heteroatoms. The number of aromatic nitrogens is 4. The first kappa shape index (κ1) is 14.2. The molecular weight excluding hydrogens is 285 g/mol. The van der Waals surface area contributed by atoms with Gasteiger partial charge in [0.05, 0.1) is 6.20 Å². The van der Waals surface area contributed by atoms with Gasteiger partial charge in [-0.25, -0.2) is 9.67 Å². The molecule has 0 aliphatic heterocycles. The van der Waals surface area contributed by atoms with E-state index < -0.39 is 11.9 Å². The van der Waals surface area contributed by atoms with Crippen molar-refractivity contribution < 1.29 is 9.18 Å². The Bertz CT molecular complexity index is 836. The van der Waals surface area contributed by atoms with E-state index in [0.29, 0.717) is 18.0 Å². The molecule has 3 rings (SSSR count). The lowest BCUT2D eigenvalue weighted by atomic mass is 10.3. The summed E-state index contributed by atoms with van der Waals surface area (Å²) in [5.74, 6) is -0.728. The third kappa shape index (κ3) is 2.45. The molecule has 3 aromatic heterocycles. The van der Waals surface area contributed by atoms with Crippen LogP contribution >= 0.6 is 0 Å². The van der Waals surface area contributed by atoms with E-state index in [9.17, 15) is 9.18 Å². The maximum atomic E-state index is 14.4. The number of rotatable bonds is 4. The summed E-state index contributed by atoms with van der Waals surface area (Å²) >= 11 is 0. The minimum absolute atomic E-state index is 0.227. The summed E-state index contributed by atoms with van der Waals surface area (Å²) in [5, 5.41) is 6.77. The molecule has 0 aromatic carbocycles. The Morgan fingerprint density at radius 1 is 1.36 bits per heavy atom. The molecule has 0 spiro atoms. The van der Waals surface area contributed by atoms with Crippen molar-refractivity contribution in [3.63, 3.8) is 0 Å². The van der Waals surface area contributed by atoms with Crippen LogP contribution in [0.5, 0.6) is 0 Å². The average Bonchev–Trinajstić information content (AvgIpc) is 3.05. The zero-order chi connectivity index (χ0) is 15.7. The van der Waals surface area contributed by atoms with Crippen LogP contribution in [0.25, 0.3) is 5.65 Å². The Kier molecular flexibility index (Phi) is 3.62. The topological polar surface area (TPSA) is 64.2 Å². The molecule has 0 bridgehead atoms. The van der Waals surface area contributed by atoms with E-state index in [2.05, 4.69) is 15.4 Å². The number of pyridine rings is 1. The van der Waals surface area contributed by atoms with Crippen LogP contribution in [0.1, 0.15) is 29.4 Å². The predicted octanol–water partition coefficient (Wildman–Crippen LogP) is 2.64. The molecule has 114 valence electrons. The van der Waals surface area contributed by atoms with Gasteiger partial charge in [0, 0.05) is 18.8 Å². The Hall–Kier alpha value is -2.70. The third-order valence-electron chi connectivity index (χ3n) is 3.32. The van der Waals surface area contributed by atoms with Crippen molar-refractivity contribution in [3.05, 3.63) is 47.8 Å². The third-order valence-corrected chi connectivity index (χ3v) is 3.32. The first-order valence-electron chi connectivity index (χ1n) is 7.07. The number of carbonyl (C=O) groups excluding carboxylic acids is 1. The summed E-state index contributed by atoms with van der Waals surface area (Å²) in [6, 6.07) is 5.17. The molecule has 0 saturated carbocycles. The van der Waals surface area contributed by atoms with Crippen LogP contribution in [0.2, 0.25) is 0 Å². The van der Waals surface area contributed by atoms with Gasteiger partial charge in [-0.05, 0) is 25.0 Å². The van der Waals surface area contributed by atoms with Gasteiger partial charge in [0.25, 0.3) is 5.91 Å². The largest absolute Gasteiger partial charge is 0.305 e. The molecule has 22 heavy (non-hydrogen) atoms. The lowest BCUT2D eigenvalue weighted by Gasteiger charge is -2.06. The van der Waals surface area contributed by atoms with Crippen LogP contribution in [0.4, 0.5) is 10.2 Å². The molecule has 1 amide bonds. The van der Waals surface area contributed by atoms with Crippen molar-refractivity contribution in [3.8, 4) is 0 Å². The standard InChI is InChI=1S/C15H16FN5O/c1-3-8-21-12(6-7-17-21)19-15(22)13-14(16)20-9-10(2)4-5-11(20)18-13/h4-7,9H,3,8H2,1-2H3,(H,19,22). The number of anilines is 1. The molecule has 3 heterocycles. The number of imidazole rings is 1. The van der Waals surface area contributed by atoms with E-state index in [-0.39, 0.29) is 5.69 Å². The summed E-state index contributed by atoms with van der Waals surface area (Å²) < 4.78 is 17.3. The average molecular weight is 301 g/mol. The fraction of sp³-hybridized carbons (Fsp3) is 0.267. The zero-order valence-corrected chi connectivity index (χ0v) is 12.4. The van der Waals surface area contributed by atoms with Crippen LogP contribution in [-0.2, 0) is 6.54 Å². The SMILES string of the molecule is CCCn1nccc1NC(=O)c1nc2ccc(C)cn2c1F. The maximum absolute atomic E-state index is 14.4. The number of nitrogens with zero attached hydrogens (tertiary/aromatic N) is 4. The molecule has 6 nitrogen and oxygen atoms in total. The van der Waals surface area contributed by atoms with Crippen LogP contribution < -0.4 is 5.32 Å². The van der Waals surface area contributed by atoms with Crippen LogP contribution in [0, 0.1) is 12.9 Å². The first-order chi connectivity index (χ1) is 10.6. The van der Waals surface area contributed by atoms with Gasteiger partial charge >= 0.3 is 0 Å². The molecule has 1 N–H and O–H groups in total. The molecular formula is C15H16FN5O. The lowest BCUT2D eigenvalue weighted by Crippen LogP contribution is -2.17. The molecule has 0 unspecified atom stereocenters. The fourth-order valence-corrected chi connectivity index (χ4v) is 2.27. The molecule has 0 aliphatic carbocycles. The van der Waals surface area contributed by atoms with Crippen molar-refractivity contribution in [2.45, 2.75) is 26.8 Å². The van der Waals surface area contributed by atoms with E-state index in [1.807, 2.05) is 19.9 Å². The summed E-state index contributed by atoms with van der Waals surface area (Å²) in [4.78, 5) is 16.3. The van der Waals surface area contributed by atoms with E-state index in [4.69, 9.17) is 0 Å². The second-order valence-corrected chi connectivity index (χ2v) is 5.08. The molecule has 3 aromatic rings. The van der Waals surface area contributed by atoms with Gasteiger partial charge in [-0.15, -0.1) is 0 Å². The second-order valence-electron chi connectivity index (χ2n) is 5.08. The Labute approximate surface area is 126 Å². The number of amides is 1. The van der Waals surface area contributed by atoms with Crippen molar-refractivity contribution in [1.29, 1.82) is 0 Å². The number of carbonyl (C=O) groups is 1. The molecule has 0 saturated heterocycles. The molecule has 0 radical (unpaired) electrons. The number of nitrogens with one attached hydrogen (secondary N) is 1. The van der Waals surface area contributed by atoms with Gasteiger partial charge in [0.2, 0.25) is 5.95 Å². The van der Waals surface area contributed by atoms with Gasteiger partial charge in [-0.3, -0.25) is 9.20 Å². The van der Waals surface area contributed by atoms with Gasteiger partial charge < -0.3 is 5.32 Å². The molecule has 0 fully saturated rings. The summed E-state index contributed by atoms with van der Waals surface area (Å²) in [7, 11) is 0. The van der Waals surface area contributed by atoms with Crippen molar-refractivity contribution in [1.82, 2.24) is 19.2 Å². The van der Waals surface area contributed by atoms with Crippen molar-refractivity contribution in [2.24, 2.45) is 0 Å². The maximum Gasteiger partial charge on any atom is 0.280 e. The monoisotopic (exact) mass is 301 g/mol.